The van der Waals surface area contributed by atoms with Gasteiger partial charge >= 0.3 is 6.18 Å². The molecule has 4 heterocycles. The van der Waals surface area contributed by atoms with Crippen LogP contribution in [0.25, 0.3) is 0 Å². The van der Waals surface area contributed by atoms with Crippen molar-refractivity contribution in [2.24, 2.45) is 18.4 Å². The first-order valence-electron chi connectivity index (χ1n) is 13.2. The van der Waals surface area contributed by atoms with E-state index < -0.39 is 11.7 Å². The summed E-state index contributed by atoms with van der Waals surface area (Å²) in [5.41, 5.74) is 2.17. The lowest BCUT2D eigenvalue weighted by Gasteiger charge is -2.46. The van der Waals surface area contributed by atoms with Crippen molar-refractivity contribution in [1.29, 1.82) is 0 Å². The summed E-state index contributed by atoms with van der Waals surface area (Å²) < 4.78 is 44.6. The molecule has 3 aliphatic heterocycles. The SMILES string of the molecule is C=C1N2C=C(CN3CC(C)(C)C3)C=C(C(F)(F)F)C2=CN1c1cccc(C(c2nncn2C)C2CCC2)c1. The van der Waals surface area contributed by atoms with Crippen molar-refractivity contribution in [2.45, 2.75) is 45.2 Å². The summed E-state index contributed by atoms with van der Waals surface area (Å²) in [7, 11) is 1.95. The Morgan fingerprint density at radius 3 is 2.50 bits per heavy atom. The second-order valence-electron chi connectivity index (χ2n) is 11.8. The number of nitrogens with zero attached hydrogens (tertiary/aromatic N) is 6. The van der Waals surface area contributed by atoms with Gasteiger partial charge in [0, 0.05) is 50.7 Å². The van der Waals surface area contributed by atoms with E-state index in [1.807, 2.05) is 23.7 Å². The third-order valence-electron chi connectivity index (χ3n) is 8.14. The van der Waals surface area contributed by atoms with Crippen molar-refractivity contribution in [1.82, 2.24) is 24.6 Å². The van der Waals surface area contributed by atoms with Crippen LogP contribution in [0.15, 0.2) is 78.3 Å². The molecule has 2 aromatic rings. The summed E-state index contributed by atoms with van der Waals surface area (Å²) in [5, 5.41) is 8.50. The highest BCUT2D eigenvalue weighted by Gasteiger charge is 2.44. The molecule has 0 radical (unpaired) electrons. The number of rotatable bonds is 6. The van der Waals surface area contributed by atoms with Crippen molar-refractivity contribution in [3.05, 3.63) is 89.7 Å². The molecule has 1 unspecified atom stereocenters. The number of hydrogen-bond donors (Lipinski definition) is 0. The third-order valence-corrected chi connectivity index (χ3v) is 8.14. The largest absolute Gasteiger partial charge is 0.418 e. The predicted molar refractivity (Wildman–Crippen MR) is 141 cm³/mol. The van der Waals surface area contributed by atoms with Gasteiger partial charge in [-0.25, -0.2) is 0 Å². The molecule has 0 spiro atoms. The molecule has 6 rings (SSSR count). The summed E-state index contributed by atoms with van der Waals surface area (Å²) in [6.45, 7) is 10.8. The maximum Gasteiger partial charge on any atom is 0.418 e. The Balaban J connectivity index is 1.32. The minimum atomic E-state index is -4.48. The standard InChI is InChI=1S/C29H33F3N6/c1-19-37(23-10-6-9-22(12-23)26(21-7-5-8-21)27-34-33-18-35(27)4)15-25-24(29(30,31)32)11-20(14-38(19)25)13-36-16-28(2,3)17-36/h6,9-12,14-15,18,21,26H,1,5,7-8,13,16-17H2,2-4H3. The first kappa shape index (κ1) is 25.0. The van der Waals surface area contributed by atoms with E-state index in [1.54, 1.807) is 28.5 Å². The van der Waals surface area contributed by atoms with Crippen molar-refractivity contribution in [3.63, 3.8) is 0 Å². The number of halogens is 3. The monoisotopic (exact) mass is 522 g/mol. The lowest BCUT2D eigenvalue weighted by Crippen LogP contribution is -2.53. The second-order valence-corrected chi connectivity index (χ2v) is 11.8. The van der Waals surface area contributed by atoms with Crippen LogP contribution in [0.4, 0.5) is 18.9 Å². The molecule has 0 amide bonds. The highest BCUT2D eigenvalue weighted by atomic mass is 19.4. The lowest BCUT2D eigenvalue weighted by atomic mass is 9.72. The highest BCUT2D eigenvalue weighted by molar-refractivity contribution is 5.64. The summed E-state index contributed by atoms with van der Waals surface area (Å²) in [5.74, 6) is 1.94. The maximum absolute atomic E-state index is 14.2. The topological polar surface area (TPSA) is 40.4 Å². The molecule has 6 nitrogen and oxygen atoms in total. The molecule has 1 saturated heterocycles. The van der Waals surface area contributed by atoms with Gasteiger partial charge in [-0.1, -0.05) is 39.0 Å². The molecule has 200 valence electrons. The fourth-order valence-corrected chi connectivity index (χ4v) is 6.24. The van der Waals surface area contributed by atoms with Crippen LogP contribution in [0.2, 0.25) is 0 Å². The van der Waals surface area contributed by atoms with Gasteiger partial charge in [-0.3, -0.25) is 4.90 Å². The van der Waals surface area contributed by atoms with E-state index in [0.29, 0.717) is 23.9 Å². The Morgan fingerprint density at radius 1 is 1.13 bits per heavy atom. The van der Waals surface area contributed by atoms with Gasteiger partial charge < -0.3 is 14.4 Å². The van der Waals surface area contributed by atoms with E-state index in [2.05, 4.69) is 47.7 Å². The van der Waals surface area contributed by atoms with Crippen LogP contribution in [-0.2, 0) is 7.05 Å². The lowest BCUT2D eigenvalue weighted by molar-refractivity contribution is -0.0910. The van der Waals surface area contributed by atoms with Crippen LogP contribution in [0.5, 0.6) is 0 Å². The Kier molecular flexibility index (Phi) is 5.83. The predicted octanol–water partition coefficient (Wildman–Crippen LogP) is 5.91. The van der Waals surface area contributed by atoms with E-state index in [-0.39, 0.29) is 17.0 Å². The van der Waals surface area contributed by atoms with E-state index in [4.69, 9.17) is 0 Å². The minimum absolute atomic E-state index is 0.0835. The normalized spacial score (nSPS) is 22.4. The van der Waals surface area contributed by atoms with Crippen LogP contribution in [0.1, 0.15) is 50.4 Å². The summed E-state index contributed by atoms with van der Waals surface area (Å²) in [6, 6.07) is 8.02. The number of likely N-dealkylation sites (tertiary alicyclic amines) is 1. The van der Waals surface area contributed by atoms with Crippen LogP contribution in [0, 0.1) is 11.3 Å². The number of fused-ring (bicyclic) bond motifs is 1. The molecule has 1 atom stereocenters. The van der Waals surface area contributed by atoms with E-state index in [1.165, 1.54) is 12.5 Å². The number of aromatic nitrogens is 3. The van der Waals surface area contributed by atoms with Crippen LogP contribution < -0.4 is 4.90 Å². The summed E-state index contributed by atoms with van der Waals surface area (Å²) >= 11 is 0. The zero-order chi connectivity index (χ0) is 26.8. The molecule has 1 aromatic carbocycles. The van der Waals surface area contributed by atoms with Crippen LogP contribution in [0.3, 0.4) is 0 Å². The smallest absolute Gasteiger partial charge is 0.320 e. The molecular weight excluding hydrogens is 489 g/mol. The second kappa shape index (κ2) is 8.86. The van der Waals surface area contributed by atoms with Crippen molar-refractivity contribution in [2.75, 3.05) is 24.5 Å². The van der Waals surface area contributed by atoms with Gasteiger partial charge in [0.15, 0.2) is 0 Å². The van der Waals surface area contributed by atoms with Crippen molar-refractivity contribution >= 4 is 5.69 Å². The van der Waals surface area contributed by atoms with E-state index >= 15 is 0 Å². The number of alkyl halides is 3. The third kappa shape index (κ3) is 4.36. The van der Waals surface area contributed by atoms with Gasteiger partial charge in [-0.15, -0.1) is 10.2 Å². The minimum Gasteiger partial charge on any atom is -0.320 e. The fraction of sp³-hybridized carbons (Fsp3) is 0.448. The highest BCUT2D eigenvalue weighted by Crippen LogP contribution is 2.46. The summed E-state index contributed by atoms with van der Waals surface area (Å²) in [6.07, 6.45) is 5.33. The number of anilines is 1. The Hall–Kier alpha value is -3.33. The molecule has 0 N–H and O–H groups in total. The van der Waals surface area contributed by atoms with Gasteiger partial charge in [-0.05, 0) is 53.5 Å². The van der Waals surface area contributed by atoms with Gasteiger partial charge in [-0.2, -0.15) is 13.2 Å². The Bertz CT molecular complexity index is 1350. The number of hydrogen-bond acceptors (Lipinski definition) is 5. The Labute approximate surface area is 221 Å². The van der Waals surface area contributed by atoms with Crippen LogP contribution >= 0.6 is 0 Å². The molecule has 4 aliphatic rings. The van der Waals surface area contributed by atoms with Crippen molar-refractivity contribution < 1.29 is 13.2 Å². The average molecular weight is 523 g/mol. The summed E-state index contributed by atoms with van der Waals surface area (Å²) in [4.78, 5) is 5.53. The molecular formula is C29H33F3N6. The zero-order valence-electron chi connectivity index (χ0n) is 22.0. The quantitative estimate of drug-likeness (QED) is 0.472. The van der Waals surface area contributed by atoms with Crippen molar-refractivity contribution in [3.8, 4) is 0 Å². The Morgan fingerprint density at radius 2 is 1.89 bits per heavy atom. The molecule has 1 saturated carbocycles. The number of benzene rings is 1. The van der Waals surface area contributed by atoms with Crippen LogP contribution in [-0.4, -0.2) is 50.4 Å². The maximum atomic E-state index is 14.2. The zero-order valence-corrected chi connectivity index (χ0v) is 22.0. The number of allylic oxidation sites excluding steroid dienone is 1. The average Bonchev–Trinajstić information content (AvgIpc) is 3.37. The van der Waals surface area contributed by atoms with Gasteiger partial charge in [0.1, 0.15) is 18.0 Å². The molecule has 0 bridgehead atoms. The molecule has 2 fully saturated rings. The fourth-order valence-electron chi connectivity index (χ4n) is 6.24. The van der Waals surface area contributed by atoms with E-state index in [9.17, 15) is 13.2 Å². The molecule has 1 aromatic heterocycles. The van der Waals surface area contributed by atoms with Gasteiger partial charge in [0.25, 0.3) is 0 Å². The first-order chi connectivity index (χ1) is 18.0. The first-order valence-corrected chi connectivity index (χ1v) is 13.2. The molecule has 1 aliphatic carbocycles. The van der Waals surface area contributed by atoms with Gasteiger partial charge in [0.2, 0.25) is 0 Å². The van der Waals surface area contributed by atoms with E-state index in [0.717, 1.165) is 43.0 Å². The number of aryl methyl sites for hydroxylation is 1. The van der Waals surface area contributed by atoms with Gasteiger partial charge in [0.05, 0.1) is 11.3 Å². The molecule has 38 heavy (non-hydrogen) atoms. The molecule has 9 heteroatoms.